The van der Waals surface area contributed by atoms with Gasteiger partial charge < -0.3 is 10.1 Å². The lowest BCUT2D eigenvalue weighted by Gasteiger charge is -2.31. The van der Waals surface area contributed by atoms with Crippen LogP contribution in [0, 0.1) is 11.7 Å². The van der Waals surface area contributed by atoms with Crippen molar-refractivity contribution in [2.24, 2.45) is 5.92 Å². The maximum Gasteiger partial charge on any atom is 0.341 e. The van der Waals surface area contributed by atoms with E-state index in [-0.39, 0.29) is 29.5 Å². The number of thiophene rings is 1. The van der Waals surface area contributed by atoms with Crippen LogP contribution in [0.4, 0.5) is 9.39 Å². The number of methoxy groups -OCH3 is 1. The lowest BCUT2D eigenvalue weighted by Crippen LogP contribution is -2.43. The molecule has 2 heterocycles. The number of hydrogen-bond acceptors (Lipinski definition) is 6. The van der Waals surface area contributed by atoms with Gasteiger partial charge >= 0.3 is 5.97 Å². The number of esters is 1. The summed E-state index contributed by atoms with van der Waals surface area (Å²) in [5.74, 6) is -2.03. The van der Waals surface area contributed by atoms with Crippen LogP contribution >= 0.6 is 11.3 Å². The highest BCUT2D eigenvalue weighted by Crippen LogP contribution is 2.37. The van der Waals surface area contributed by atoms with Gasteiger partial charge in [0.15, 0.2) is 0 Å². The molecule has 1 aromatic heterocycles. The Hall–Kier alpha value is -2.82. The van der Waals surface area contributed by atoms with Gasteiger partial charge in [0, 0.05) is 23.2 Å². The molecular weight excluding hydrogens is 455 g/mol. The Morgan fingerprint density at radius 1 is 1.16 bits per heavy atom. The predicted molar refractivity (Wildman–Crippen MR) is 120 cm³/mol. The van der Waals surface area contributed by atoms with E-state index in [4.69, 9.17) is 4.74 Å². The quantitative estimate of drug-likeness (QED) is 0.565. The predicted octanol–water partition coefficient (Wildman–Crippen LogP) is 3.87. The second-order valence-corrected chi connectivity index (χ2v) is 10.4. The highest BCUT2D eigenvalue weighted by Gasteiger charge is 2.34. The van der Waals surface area contributed by atoms with Crippen molar-refractivity contribution in [2.45, 2.75) is 17.7 Å². The van der Waals surface area contributed by atoms with Crippen LogP contribution in [0.2, 0.25) is 0 Å². The average molecular weight is 477 g/mol. The van der Waals surface area contributed by atoms with Crippen molar-refractivity contribution >= 4 is 48.3 Å². The van der Waals surface area contributed by atoms with E-state index in [2.05, 4.69) is 5.32 Å². The number of nitrogens with zero attached hydrogens (tertiary/aromatic N) is 1. The average Bonchev–Trinajstić information content (AvgIpc) is 3.16. The summed E-state index contributed by atoms with van der Waals surface area (Å²) in [5, 5.41) is 3.87. The van der Waals surface area contributed by atoms with E-state index < -0.39 is 27.7 Å². The fraction of sp³-hybridized carbons (Fsp3) is 0.273. The van der Waals surface area contributed by atoms with Crippen molar-refractivity contribution in [1.82, 2.24) is 4.31 Å². The van der Waals surface area contributed by atoms with Crippen LogP contribution in [0.15, 0.2) is 53.4 Å². The molecule has 0 radical (unpaired) electrons. The second kappa shape index (κ2) is 8.97. The normalized spacial score (nSPS) is 17.2. The Morgan fingerprint density at radius 3 is 2.59 bits per heavy atom. The molecule has 1 amide bonds. The number of fused-ring (bicyclic) bond motifs is 1. The van der Waals surface area contributed by atoms with Crippen molar-refractivity contribution in [2.75, 3.05) is 25.5 Å². The minimum atomic E-state index is -3.85. The fourth-order valence-corrected chi connectivity index (χ4v) is 6.40. The third-order valence-corrected chi connectivity index (χ3v) is 8.39. The van der Waals surface area contributed by atoms with Gasteiger partial charge in [0.1, 0.15) is 16.4 Å². The number of sulfonamides is 1. The number of rotatable bonds is 5. The van der Waals surface area contributed by atoms with Gasteiger partial charge in [-0.3, -0.25) is 4.79 Å². The summed E-state index contributed by atoms with van der Waals surface area (Å²) in [4.78, 5) is 25.4. The molecular formula is C22H21FN2O5S2. The zero-order valence-electron chi connectivity index (χ0n) is 17.2. The van der Waals surface area contributed by atoms with Crippen molar-refractivity contribution < 1.29 is 27.1 Å². The number of hydrogen-bond donors (Lipinski definition) is 1. The van der Waals surface area contributed by atoms with Gasteiger partial charge in [-0.1, -0.05) is 18.2 Å². The Labute approximate surface area is 188 Å². The number of piperidine rings is 1. The first-order chi connectivity index (χ1) is 15.3. The van der Waals surface area contributed by atoms with Gasteiger partial charge in [-0.15, -0.1) is 11.3 Å². The van der Waals surface area contributed by atoms with E-state index in [0.717, 1.165) is 16.8 Å². The van der Waals surface area contributed by atoms with E-state index in [1.807, 2.05) is 12.1 Å². The van der Waals surface area contributed by atoms with Crippen molar-refractivity contribution in [3.8, 4) is 0 Å². The summed E-state index contributed by atoms with van der Waals surface area (Å²) in [7, 11) is -2.57. The minimum Gasteiger partial charge on any atom is -0.465 e. The first-order valence-corrected chi connectivity index (χ1v) is 12.2. The zero-order valence-corrected chi connectivity index (χ0v) is 18.8. The molecule has 7 nitrogen and oxygen atoms in total. The molecule has 1 unspecified atom stereocenters. The Morgan fingerprint density at radius 2 is 1.88 bits per heavy atom. The number of carbonyl (C=O) groups excluding carboxylic acids is 2. The van der Waals surface area contributed by atoms with Gasteiger partial charge in [0.2, 0.25) is 15.9 Å². The van der Waals surface area contributed by atoms with Crippen LogP contribution in [0.1, 0.15) is 23.2 Å². The zero-order chi connectivity index (χ0) is 22.9. The first kappa shape index (κ1) is 22.4. The first-order valence-electron chi connectivity index (χ1n) is 9.97. The molecule has 32 heavy (non-hydrogen) atoms. The lowest BCUT2D eigenvalue weighted by atomic mass is 9.99. The molecule has 1 aliphatic heterocycles. The Balaban J connectivity index is 1.56. The summed E-state index contributed by atoms with van der Waals surface area (Å²) in [6, 6.07) is 11.9. The molecule has 1 fully saturated rings. The van der Waals surface area contributed by atoms with Crippen LogP contribution in [-0.2, 0) is 19.6 Å². The molecule has 2 aromatic carbocycles. The second-order valence-electron chi connectivity index (χ2n) is 7.44. The van der Waals surface area contributed by atoms with Crippen LogP contribution in [0.25, 0.3) is 10.1 Å². The van der Waals surface area contributed by atoms with Gasteiger partial charge in [0.25, 0.3) is 0 Å². The molecule has 1 aliphatic rings. The molecule has 3 aromatic rings. The van der Waals surface area contributed by atoms with Crippen molar-refractivity contribution in [3.63, 3.8) is 0 Å². The summed E-state index contributed by atoms with van der Waals surface area (Å²) in [6.07, 6.45) is 1.02. The molecule has 168 valence electrons. The lowest BCUT2D eigenvalue weighted by molar-refractivity contribution is -0.120. The van der Waals surface area contributed by atoms with Crippen molar-refractivity contribution in [3.05, 3.63) is 59.9 Å². The minimum absolute atomic E-state index is 0.00396. The van der Waals surface area contributed by atoms with Gasteiger partial charge in [-0.2, -0.15) is 4.31 Å². The summed E-state index contributed by atoms with van der Waals surface area (Å²) in [5.41, 5.74) is 0.285. The van der Waals surface area contributed by atoms with Gasteiger partial charge in [-0.25, -0.2) is 17.6 Å². The Kier molecular flexibility index (Phi) is 6.27. The highest BCUT2D eigenvalue weighted by molar-refractivity contribution is 7.89. The van der Waals surface area contributed by atoms with Crippen LogP contribution < -0.4 is 5.32 Å². The molecule has 1 N–H and O–H groups in total. The number of benzene rings is 2. The van der Waals surface area contributed by atoms with Gasteiger partial charge in [-0.05, 0) is 43.2 Å². The van der Waals surface area contributed by atoms with Gasteiger partial charge in [0.05, 0.1) is 17.9 Å². The van der Waals surface area contributed by atoms with Crippen LogP contribution in [0.5, 0.6) is 0 Å². The number of halogens is 1. The third-order valence-electron chi connectivity index (χ3n) is 5.43. The van der Waals surface area contributed by atoms with Crippen LogP contribution in [0.3, 0.4) is 0 Å². The molecule has 10 heteroatoms. The number of anilines is 1. The molecule has 0 saturated carbocycles. The van der Waals surface area contributed by atoms with E-state index in [9.17, 15) is 22.4 Å². The number of amides is 1. The maximum atomic E-state index is 13.2. The number of carbonyl (C=O) groups is 2. The van der Waals surface area contributed by atoms with Crippen LogP contribution in [-0.4, -0.2) is 44.8 Å². The number of nitrogens with one attached hydrogen (secondary N) is 1. The van der Waals surface area contributed by atoms with E-state index in [0.29, 0.717) is 23.2 Å². The molecule has 0 spiro atoms. The fourth-order valence-electron chi connectivity index (χ4n) is 3.78. The monoisotopic (exact) mass is 476 g/mol. The molecule has 4 rings (SSSR count). The molecule has 0 bridgehead atoms. The van der Waals surface area contributed by atoms with E-state index >= 15 is 0 Å². The standard InChI is InChI=1S/C22H21FN2O5S2/c1-30-22(27)19-17-6-2-3-7-18(17)31-21(19)24-20(26)14-5-4-12-25(13-14)32(28,29)16-10-8-15(23)9-11-16/h2-3,6-11,14H,4-5,12-13H2,1H3,(H,24,26). The van der Waals surface area contributed by atoms with Crippen molar-refractivity contribution in [1.29, 1.82) is 0 Å². The SMILES string of the molecule is COC(=O)c1c(NC(=O)C2CCCN(S(=O)(=O)c3ccc(F)cc3)C2)sc2ccccc12. The summed E-state index contributed by atoms with van der Waals surface area (Å²) >= 11 is 1.26. The third kappa shape index (κ3) is 4.25. The van der Waals surface area contributed by atoms with E-state index in [1.165, 1.54) is 34.9 Å². The summed E-state index contributed by atoms with van der Waals surface area (Å²) < 4.78 is 46.0. The maximum absolute atomic E-state index is 13.2. The smallest absolute Gasteiger partial charge is 0.341 e. The topological polar surface area (TPSA) is 92.8 Å². The highest BCUT2D eigenvalue weighted by atomic mass is 32.2. The molecule has 0 aliphatic carbocycles. The Bertz CT molecular complexity index is 1270. The molecule has 1 saturated heterocycles. The largest absolute Gasteiger partial charge is 0.465 e. The molecule has 1 atom stereocenters. The number of ether oxygens (including phenoxy) is 1. The summed E-state index contributed by atoms with van der Waals surface area (Å²) in [6.45, 7) is 0.282. The van der Waals surface area contributed by atoms with E-state index in [1.54, 1.807) is 12.1 Å².